The molecule has 2 N–H and O–H groups in total. The molecule has 1 aliphatic carbocycles. The second kappa shape index (κ2) is 18.0. The summed E-state index contributed by atoms with van der Waals surface area (Å²) in [6, 6.07) is 11.3. The molecule has 0 saturated heterocycles. The van der Waals surface area contributed by atoms with Crippen LogP contribution in [0.1, 0.15) is 49.8 Å². The molecule has 1 aromatic carbocycles. The van der Waals surface area contributed by atoms with Crippen LogP contribution in [0.4, 0.5) is 0 Å². The van der Waals surface area contributed by atoms with Gasteiger partial charge >= 0.3 is 0 Å². The number of rotatable bonds is 15. The van der Waals surface area contributed by atoms with Gasteiger partial charge in [0.2, 0.25) is 5.28 Å². The summed E-state index contributed by atoms with van der Waals surface area (Å²) < 4.78 is 4.30. The van der Waals surface area contributed by atoms with Crippen molar-refractivity contribution < 1.29 is 5.11 Å². The van der Waals surface area contributed by atoms with Crippen molar-refractivity contribution in [3.63, 3.8) is 0 Å². The number of nitrogens with zero attached hydrogens (tertiary/aromatic N) is 6. The van der Waals surface area contributed by atoms with E-state index in [0.717, 1.165) is 86.8 Å². The number of aryl methyl sites for hydroxylation is 1. The second-order valence-corrected chi connectivity index (χ2v) is 12.5. The quantitative estimate of drug-likeness (QED) is 0.0821. The van der Waals surface area contributed by atoms with Crippen molar-refractivity contribution in [3.05, 3.63) is 102 Å². The summed E-state index contributed by atoms with van der Waals surface area (Å²) in [5.74, 6) is 0.665. The number of nitrogens with one attached hydrogen (secondary N) is 1. The lowest BCUT2D eigenvalue weighted by molar-refractivity contribution is 0.270. The molecule has 9 heteroatoms. The van der Waals surface area contributed by atoms with E-state index in [0.29, 0.717) is 18.5 Å². The third kappa shape index (κ3) is 9.72. The monoisotopic (exact) mass is 643 g/mol. The van der Waals surface area contributed by atoms with Crippen molar-refractivity contribution in [2.24, 2.45) is 5.92 Å². The number of hydrogen-bond donors (Lipinski definition) is 2. The van der Waals surface area contributed by atoms with Crippen LogP contribution in [0, 0.1) is 12.8 Å². The smallest absolute Gasteiger partial charge is 0.224 e. The minimum absolute atomic E-state index is 0.279. The summed E-state index contributed by atoms with van der Waals surface area (Å²) in [6.45, 7) is 13.0. The topological polar surface area (TPSA) is 84.0 Å². The van der Waals surface area contributed by atoms with Crippen molar-refractivity contribution in [1.82, 2.24) is 34.5 Å². The van der Waals surface area contributed by atoms with Gasteiger partial charge in [0.15, 0.2) is 0 Å². The van der Waals surface area contributed by atoms with Gasteiger partial charge in [-0.05, 0) is 107 Å². The summed E-state index contributed by atoms with van der Waals surface area (Å²) >= 11 is 6.30. The van der Waals surface area contributed by atoms with Crippen LogP contribution < -0.4 is 5.32 Å². The molecule has 1 aliphatic rings. The molecule has 2 atom stereocenters. The fraction of sp³-hybridized carbons (Fsp3) is 0.432. The van der Waals surface area contributed by atoms with E-state index in [9.17, 15) is 0 Å². The van der Waals surface area contributed by atoms with E-state index in [2.05, 4.69) is 87.9 Å². The Morgan fingerprint density at radius 3 is 2.74 bits per heavy atom. The summed E-state index contributed by atoms with van der Waals surface area (Å²) in [4.78, 5) is 11.5. The van der Waals surface area contributed by atoms with Gasteiger partial charge in [0.05, 0.1) is 12.2 Å². The van der Waals surface area contributed by atoms with E-state index >= 15 is 0 Å². The highest BCUT2D eigenvalue weighted by Gasteiger charge is 2.29. The Balaban J connectivity index is 0.00000235. The first kappa shape index (κ1) is 35.3. The molecular formula is C37H50ClN7O. The van der Waals surface area contributed by atoms with Crippen LogP contribution in [0.3, 0.4) is 0 Å². The molecule has 5 rings (SSSR count). The summed E-state index contributed by atoms with van der Waals surface area (Å²) in [5.41, 5.74) is 6.72. The molecule has 3 aromatic heterocycles. The molecule has 246 valence electrons. The third-order valence-electron chi connectivity index (χ3n) is 8.60. The number of aliphatic hydroxyl groups excluding tert-OH is 1. The van der Waals surface area contributed by atoms with E-state index in [1.807, 2.05) is 42.2 Å². The fourth-order valence-corrected chi connectivity index (χ4v) is 6.51. The zero-order valence-corrected chi connectivity index (χ0v) is 28.6. The van der Waals surface area contributed by atoms with Gasteiger partial charge in [0.1, 0.15) is 5.65 Å². The first-order valence-electron chi connectivity index (χ1n) is 16.3. The molecule has 8 nitrogen and oxygen atoms in total. The van der Waals surface area contributed by atoms with Crippen LogP contribution in [0.5, 0.6) is 0 Å². The van der Waals surface area contributed by atoms with Crippen LogP contribution in [0.15, 0.2) is 85.4 Å². The van der Waals surface area contributed by atoms with E-state index in [1.54, 1.807) is 0 Å². The maximum absolute atomic E-state index is 7.00. The molecular weight excluding hydrogens is 594 g/mol. The van der Waals surface area contributed by atoms with Crippen LogP contribution in [-0.2, 0) is 13.0 Å². The molecule has 46 heavy (non-hydrogen) atoms. The number of fused-ring (bicyclic) bond motifs is 1. The van der Waals surface area contributed by atoms with Crippen LogP contribution >= 0.6 is 11.6 Å². The highest BCUT2D eigenvalue weighted by atomic mass is 35.5. The van der Waals surface area contributed by atoms with E-state index in [4.69, 9.17) is 21.8 Å². The van der Waals surface area contributed by atoms with E-state index < -0.39 is 0 Å². The Kier molecular flexibility index (Phi) is 13.8. The minimum atomic E-state index is 0.279. The molecule has 0 amide bonds. The van der Waals surface area contributed by atoms with Gasteiger partial charge in [-0.15, -0.1) is 0 Å². The van der Waals surface area contributed by atoms with Gasteiger partial charge in [-0.25, -0.2) is 4.98 Å². The average Bonchev–Trinajstić information content (AvgIpc) is 3.80. The molecule has 0 radical (unpaired) electrons. The predicted octanol–water partition coefficient (Wildman–Crippen LogP) is 7.05. The van der Waals surface area contributed by atoms with Gasteiger partial charge in [-0.3, -0.25) is 4.68 Å². The second-order valence-electron chi connectivity index (χ2n) is 12.1. The molecule has 0 bridgehead atoms. The van der Waals surface area contributed by atoms with E-state index in [1.165, 1.54) is 17.5 Å². The zero-order chi connectivity index (χ0) is 32.9. The van der Waals surface area contributed by atoms with Crippen molar-refractivity contribution in [2.45, 2.75) is 58.5 Å². The molecule has 0 aliphatic heterocycles. The molecule has 1 saturated carbocycles. The third-order valence-corrected chi connectivity index (χ3v) is 8.78. The Bertz CT molecular complexity index is 1590. The first-order chi connectivity index (χ1) is 22.4. The van der Waals surface area contributed by atoms with Crippen molar-refractivity contribution in [1.29, 1.82) is 0 Å². The Labute approximate surface area is 279 Å². The molecule has 3 heterocycles. The lowest BCUT2D eigenvalue weighted by atomic mass is 10.1. The minimum Gasteiger partial charge on any atom is -0.400 e. The summed E-state index contributed by atoms with van der Waals surface area (Å²) in [5, 5.41) is 16.8. The lowest BCUT2D eigenvalue weighted by Crippen LogP contribution is -2.28. The molecule has 1 fully saturated rings. The number of allylic oxidation sites excluding steroid dienone is 5. The molecule has 4 aromatic rings. The number of aliphatic hydroxyl groups is 1. The van der Waals surface area contributed by atoms with Crippen molar-refractivity contribution in [3.8, 4) is 11.3 Å². The maximum Gasteiger partial charge on any atom is 0.224 e. The number of aromatic nitrogens is 5. The van der Waals surface area contributed by atoms with Gasteiger partial charge in [-0.2, -0.15) is 10.1 Å². The summed E-state index contributed by atoms with van der Waals surface area (Å²) in [7, 11) is 3.26. The molecule has 1 unspecified atom stereocenters. The Morgan fingerprint density at radius 1 is 1.17 bits per heavy atom. The Hall–Kier alpha value is -3.56. The standard InChI is InChI=1S/C36H46ClN7.CH4O/c1-5-8-29(9-6-2)25-43-21-17-34(41-43)33-26-44(35-32(33)23-39-36(37)40-35)31-15-14-30(22-31)24-42(4)20-7-18-38-19-16-28-12-10-27(3)11-13-28;1-2/h5-6,8-13,17,21,23,26,30-31,38H,1,7,14-16,18-20,22,24-25H2,2-4H3;2H,1H3/b9-6-,29-8+;/t30?,31-;/m0./s1. The number of halogens is 1. The highest BCUT2D eigenvalue weighted by molar-refractivity contribution is 6.28. The van der Waals surface area contributed by atoms with Crippen LogP contribution in [-0.4, -0.2) is 74.7 Å². The van der Waals surface area contributed by atoms with Crippen molar-refractivity contribution in [2.75, 3.05) is 40.3 Å². The number of benzene rings is 1. The first-order valence-corrected chi connectivity index (χ1v) is 16.7. The predicted molar refractivity (Wildman–Crippen MR) is 191 cm³/mol. The van der Waals surface area contributed by atoms with Crippen LogP contribution in [0.2, 0.25) is 5.28 Å². The normalized spacial score (nSPS) is 16.8. The number of hydrogen-bond acceptors (Lipinski definition) is 6. The van der Waals surface area contributed by atoms with Gasteiger partial charge in [0.25, 0.3) is 0 Å². The van der Waals surface area contributed by atoms with Gasteiger partial charge in [0, 0.05) is 49.2 Å². The zero-order valence-electron chi connectivity index (χ0n) is 27.9. The van der Waals surface area contributed by atoms with E-state index in [-0.39, 0.29) is 5.28 Å². The SMILES string of the molecule is C=C/C=C(\C=C/C)Cn1ccc(-c2cn([C@H]3CCC(CN(C)CCCNCCc4ccc(C)cc4)C3)c3nc(Cl)ncc23)n1.CO. The summed E-state index contributed by atoms with van der Waals surface area (Å²) in [6.07, 6.45) is 19.8. The average molecular weight is 644 g/mol. The van der Waals surface area contributed by atoms with Gasteiger partial charge < -0.3 is 19.9 Å². The van der Waals surface area contributed by atoms with Crippen molar-refractivity contribution >= 4 is 22.6 Å². The Morgan fingerprint density at radius 2 is 1.98 bits per heavy atom. The fourth-order valence-electron chi connectivity index (χ4n) is 6.38. The van der Waals surface area contributed by atoms with Crippen LogP contribution in [0.25, 0.3) is 22.3 Å². The largest absolute Gasteiger partial charge is 0.400 e. The molecule has 0 spiro atoms. The van der Waals surface area contributed by atoms with Gasteiger partial charge in [-0.1, -0.05) is 60.7 Å². The maximum atomic E-state index is 7.00. The lowest BCUT2D eigenvalue weighted by Gasteiger charge is -2.21. The highest BCUT2D eigenvalue weighted by Crippen LogP contribution is 2.39.